The Bertz CT molecular complexity index is 1600. The van der Waals surface area contributed by atoms with E-state index in [0.717, 1.165) is 9.87 Å². The Labute approximate surface area is 238 Å². The molecular formula is C30H28ClN3O5S. The number of hydrogen-bond donors (Lipinski definition) is 2. The van der Waals surface area contributed by atoms with Crippen molar-refractivity contribution in [1.29, 1.82) is 0 Å². The standard InChI is InChI=1S/C30H28ClN3O5S/c1-21(22-9-4-3-5-10-22)32-30(36)27-13-6-7-14-28(27)33-29(35)20-34(24-12-8-11-23(31)19-24)40(37,38)26-17-15-25(39-2)16-18-26/h3-19,21H,20H2,1-2H3,(H,32,36)(H,33,35)/t21-/m0/s1. The lowest BCUT2D eigenvalue weighted by molar-refractivity contribution is -0.114. The van der Waals surface area contributed by atoms with Gasteiger partial charge in [0.25, 0.3) is 15.9 Å². The fourth-order valence-electron chi connectivity index (χ4n) is 4.03. The topological polar surface area (TPSA) is 105 Å². The van der Waals surface area contributed by atoms with E-state index in [4.69, 9.17) is 16.3 Å². The van der Waals surface area contributed by atoms with Crippen LogP contribution in [0.15, 0.2) is 108 Å². The van der Waals surface area contributed by atoms with E-state index >= 15 is 0 Å². The first-order valence-corrected chi connectivity index (χ1v) is 14.2. The second-order valence-corrected chi connectivity index (χ2v) is 11.2. The van der Waals surface area contributed by atoms with Crippen LogP contribution in [0.2, 0.25) is 5.02 Å². The van der Waals surface area contributed by atoms with Gasteiger partial charge >= 0.3 is 0 Å². The number of halogens is 1. The van der Waals surface area contributed by atoms with Gasteiger partial charge < -0.3 is 15.4 Å². The molecule has 0 unspecified atom stereocenters. The zero-order valence-corrected chi connectivity index (χ0v) is 23.4. The Balaban J connectivity index is 1.58. The van der Waals surface area contributed by atoms with Gasteiger partial charge in [0.2, 0.25) is 5.91 Å². The van der Waals surface area contributed by atoms with E-state index in [0.29, 0.717) is 10.8 Å². The van der Waals surface area contributed by atoms with E-state index in [1.165, 1.54) is 37.4 Å². The van der Waals surface area contributed by atoms with Crippen LogP contribution in [0.5, 0.6) is 5.75 Å². The summed E-state index contributed by atoms with van der Waals surface area (Å²) in [6.45, 7) is 1.30. The second kappa shape index (κ2) is 12.7. The monoisotopic (exact) mass is 577 g/mol. The van der Waals surface area contributed by atoms with Crippen LogP contribution in [0, 0.1) is 0 Å². The molecule has 0 aliphatic carbocycles. The Kier molecular flexibility index (Phi) is 9.08. The molecule has 0 saturated heterocycles. The minimum absolute atomic E-state index is 0.0317. The number of anilines is 2. The number of nitrogens with one attached hydrogen (secondary N) is 2. The van der Waals surface area contributed by atoms with Crippen molar-refractivity contribution in [2.75, 3.05) is 23.3 Å². The summed E-state index contributed by atoms with van der Waals surface area (Å²) in [5, 5.41) is 5.94. The van der Waals surface area contributed by atoms with Gasteiger partial charge in [-0.3, -0.25) is 13.9 Å². The van der Waals surface area contributed by atoms with Gasteiger partial charge in [-0.05, 0) is 67.1 Å². The van der Waals surface area contributed by atoms with Crippen LogP contribution >= 0.6 is 11.6 Å². The number of carbonyl (C=O) groups excluding carboxylic acids is 2. The lowest BCUT2D eigenvalue weighted by Gasteiger charge is -2.24. The third-order valence-corrected chi connectivity index (χ3v) is 8.15. The number of rotatable bonds is 10. The fraction of sp³-hybridized carbons (Fsp3) is 0.133. The highest BCUT2D eigenvalue weighted by Gasteiger charge is 2.28. The normalized spacial score (nSPS) is 11.8. The first-order valence-electron chi connectivity index (χ1n) is 12.4. The van der Waals surface area contributed by atoms with Crippen molar-refractivity contribution < 1.29 is 22.7 Å². The lowest BCUT2D eigenvalue weighted by Crippen LogP contribution is -2.38. The summed E-state index contributed by atoms with van der Waals surface area (Å²) in [5.74, 6) is -0.541. The maximum atomic E-state index is 13.7. The summed E-state index contributed by atoms with van der Waals surface area (Å²) in [4.78, 5) is 26.4. The molecule has 4 aromatic rings. The number of ether oxygens (including phenoxy) is 1. The van der Waals surface area contributed by atoms with Crippen LogP contribution in [0.25, 0.3) is 0 Å². The van der Waals surface area contributed by atoms with E-state index < -0.39 is 22.5 Å². The highest BCUT2D eigenvalue weighted by molar-refractivity contribution is 7.92. The Morgan fingerprint density at radius 3 is 2.25 bits per heavy atom. The van der Waals surface area contributed by atoms with Gasteiger partial charge in [0.15, 0.2) is 0 Å². The lowest BCUT2D eigenvalue weighted by atomic mass is 10.1. The number of para-hydroxylation sites is 1. The number of amides is 2. The predicted molar refractivity (Wildman–Crippen MR) is 156 cm³/mol. The Morgan fingerprint density at radius 2 is 1.57 bits per heavy atom. The highest BCUT2D eigenvalue weighted by atomic mass is 35.5. The summed E-state index contributed by atoms with van der Waals surface area (Å²) >= 11 is 6.15. The molecule has 0 spiro atoms. The third-order valence-electron chi connectivity index (χ3n) is 6.12. The zero-order chi connectivity index (χ0) is 28.7. The Morgan fingerprint density at radius 1 is 0.900 bits per heavy atom. The van der Waals surface area contributed by atoms with E-state index in [9.17, 15) is 18.0 Å². The molecule has 40 heavy (non-hydrogen) atoms. The quantitative estimate of drug-likeness (QED) is 0.252. The van der Waals surface area contributed by atoms with E-state index in [1.807, 2.05) is 37.3 Å². The van der Waals surface area contributed by atoms with Crippen molar-refractivity contribution in [1.82, 2.24) is 5.32 Å². The first kappa shape index (κ1) is 28.7. The molecule has 0 bridgehead atoms. The molecule has 2 N–H and O–H groups in total. The van der Waals surface area contributed by atoms with Gasteiger partial charge in [-0.1, -0.05) is 60.1 Å². The van der Waals surface area contributed by atoms with Gasteiger partial charge in [0.05, 0.1) is 35.0 Å². The molecule has 8 nitrogen and oxygen atoms in total. The molecule has 4 aromatic carbocycles. The minimum atomic E-state index is -4.18. The number of methoxy groups -OCH3 is 1. The van der Waals surface area contributed by atoms with Crippen molar-refractivity contribution in [3.8, 4) is 5.75 Å². The minimum Gasteiger partial charge on any atom is -0.497 e. The van der Waals surface area contributed by atoms with Crippen LogP contribution in [-0.2, 0) is 14.8 Å². The molecule has 0 aliphatic heterocycles. The Hall–Kier alpha value is -4.34. The number of carbonyl (C=O) groups is 2. The van der Waals surface area contributed by atoms with Crippen LogP contribution in [0.3, 0.4) is 0 Å². The maximum Gasteiger partial charge on any atom is 0.264 e. The third kappa shape index (κ3) is 6.80. The smallest absolute Gasteiger partial charge is 0.264 e. The average molecular weight is 578 g/mol. The van der Waals surface area contributed by atoms with Crippen molar-refractivity contribution in [3.63, 3.8) is 0 Å². The van der Waals surface area contributed by atoms with Gasteiger partial charge in [-0.15, -0.1) is 0 Å². The van der Waals surface area contributed by atoms with Gasteiger partial charge in [0, 0.05) is 5.02 Å². The molecule has 206 valence electrons. The van der Waals surface area contributed by atoms with Crippen molar-refractivity contribution in [2.45, 2.75) is 17.9 Å². The summed E-state index contributed by atoms with van der Waals surface area (Å²) in [6.07, 6.45) is 0. The van der Waals surface area contributed by atoms with Crippen LogP contribution in [-0.4, -0.2) is 33.9 Å². The average Bonchev–Trinajstić information content (AvgIpc) is 2.96. The molecule has 10 heteroatoms. The molecule has 1 atom stereocenters. The molecule has 0 saturated carbocycles. The molecular weight excluding hydrogens is 550 g/mol. The summed E-state index contributed by atoms with van der Waals surface area (Å²) < 4.78 is 33.4. The van der Waals surface area contributed by atoms with Crippen molar-refractivity contribution in [3.05, 3.63) is 119 Å². The molecule has 2 amide bonds. The predicted octanol–water partition coefficient (Wildman–Crippen LogP) is 5.67. The molecule has 0 radical (unpaired) electrons. The summed E-state index contributed by atoms with van der Waals surface area (Å²) in [5.41, 5.74) is 1.63. The highest BCUT2D eigenvalue weighted by Crippen LogP contribution is 2.27. The number of hydrogen-bond acceptors (Lipinski definition) is 5. The number of benzene rings is 4. The van der Waals surface area contributed by atoms with Gasteiger partial charge in [-0.25, -0.2) is 8.42 Å². The van der Waals surface area contributed by atoms with Crippen molar-refractivity contribution >= 4 is 44.8 Å². The number of nitrogens with zero attached hydrogens (tertiary/aromatic N) is 1. The summed E-state index contributed by atoms with van der Waals surface area (Å²) in [7, 11) is -2.70. The first-order chi connectivity index (χ1) is 19.2. The van der Waals surface area contributed by atoms with Crippen LogP contribution < -0.4 is 19.7 Å². The maximum absolute atomic E-state index is 13.7. The van der Waals surface area contributed by atoms with Crippen LogP contribution in [0.1, 0.15) is 28.9 Å². The molecule has 0 fully saturated rings. The molecule has 0 heterocycles. The van der Waals surface area contributed by atoms with E-state index in [-0.39, 0.29) is 33.8 Å². The molecule has 0 aliphatic rings. The molecule has 4 rings (SSSR count). The molecule has 0 aromatic heterocycles. The van der Waals surface area contributed by atoms with Crippen LogP contribution in [0.4, 0.5) is 11.4 Å². The van der Waals surface area contributed by atoms with E-state index in [2.05, 4.69) is 10.6 Å². The zero-order valence-electron chi connectivity index (χ0n) is 21.9. The number of sulfonamides is 1. The van der Waals surface area contributed by atoms with E-state index in [1.54, 1.807) is 42.5 Å². The fourth-order valence-corrected chi connectivity index (χ4v) is 5.63. The SMILES string of the molecule is COc1ccc(S(=O)(=O)N(CC(=O)Nc2ccccc2C(=O)N[C@@H](C)c2ccccc2)c2cccc(Cl)c2)cc1. The van der Waals surface area contributed by atoms with Gasteiger partial charge in [0.1, 0.15) is 12.3 Å². The summed E-state index contributed by atoms with van der Waals surface area (Å²) in [6, 6.07) is 27.8. The van der Waals surface area contributed by atoms with Gasteiger partial charge in [-0.2, -0.15) is 0 Å². The second-order valence-electron chi connectivity index (χ2n) is 8.87. The van der Waals surface area contributed by atoms with Crippen molar-refractivity contribution in [2.24, 2.45) is 0 Å². The largest absolute Gasteiger partial charge is 0.497 e.